The number of rotatable bonds is 7. The highest BCUT2D eigenvalue weighted by molar-refractivity contribution is 5.91. The number of nitrogens with one attached hydrogen (secondary N) is 2. The smallest absolute Gasteiger partial charge is 0.259 e. The van der Waals surface area contributed by atoms with Crippen LogP contribution in [0.2, 0.25) is 0 Å². The molecule has 28 heavy (non-hydrogen) atoms. The average Bonchev–Trinajstić information content (AvgIpc) is 3.19. The number of para-hydroxylation sites is 1. The molecule has 0 unspecified atom stereocenters. The number of hydrogen-bond donors (Lipinski definition) is 2. The fourth-order valence-electron chi connectivity index (χ4n) is 4.03. The van der Waals surface area contributed by atoms with E-state index in [-0.39, 0.29) is 0 Å². The lowest BCUT2D eigenvalue weighted by Crippen LogP contribution is -2.56. The normalized spacial score (nSPS) is 16.2. The van der Waals surface area contributed by atoms with Crippen LogP contribution in [0, 0.1) is 6.07 Å². The van der Waals surface area contributed by atoms with Crippen LogP contribution in [0.1, 0.15) is 19.8 Å². The minimum atomic E-state index is 0.624. The van der Waals surface area contributed by atoms with Crippen molar-refractivity contribution in [2.24, 2.45) is 0 Å². The number of aromatic nitrogens is 2. The average molecular weight is 380 g/mol. The number of benzene rings is 2. The highest BCUT2D eigenvalue weighted by Crippen LogP contribution is 2.46. The van der Waals surface area contributed by atoms with Crippen LogP contribution in [0.25, 0.3) is 10.9 Å². The maximum absolute atomic E-state index is 6.02. The first-order valence-corrected chi connectivity index (χ1v) is 10.0. The summed E-state index contributed by atoms with van der Waals surface area (Å²) in [5.74, 6) is 2.47. The van der Waals surface area contributed by atoms with Crippen LogP contribution < -0.4 is 19.3 Å². The minimum Gasteiger partial charge on any atom is -0.489 e. The van der Waals surface area contributed by atoms with Crippen LogP contribution in [0.15, 0.2) is 36.4 Å². The van der Waals surface area contributed by atoms with Gasteiger partial charge in [0.25, 0.3) is 5.82 Å². The molecular weight excluding hydrogens is 352 g/mol. The van der Waals surface area contributed by atoms with Crippen molar-refractivity contribution in [1.82, 2.24) is 20.0 Å². The molecule has 6 nitrogen and oxygen atoms in total. The van der Waals surface area contributed by atoms with Crippen LogP contribution in [0.3, 0.4) is 0 Å². The predicted molar refractivity (Wildman–Crippen MR) is 112 cm³/mol. The van der Waals surface area contributed by atoms with Crippen molar-refractivity contribution in [2.75, 3.05) is 39.9 Å². The van der Waals surface area contributed by atoms with Crippen LogP contribution >= 0.6 is 0 Å². The third kappa shape index (κ3) is 3.23. The molecule has 147 valence electrons. The summed E-state index contributed by atoms with van der Waals surface area (Å²) in [5.41, 5.74) is 2.13. The largest absolute Gasteiger partial charge is 0.489 e. The Morgan fingerprint density at radius 3 is 2.79 bits per heavy atom. The molecule has 0 spiro atoms. The fraction of sp³-hybridized carbons (Fsp3) is 0.409. The van der Waals surface area contributed by atoms with Gasteiger partial charge < -0.3 is 14.8 Å². The second-order valence-electron chi connectivity index (χ2n) is 7.19. The summed E-state index contributed by atoms with van der Waals surface area (Å²) in [4.78, 5) is 0. The Morgan fingerprint density at radius 1 is 1.18 bits per heavy atom. The standard InChI is InChI=1S/C22H28N4O2/c1-3-4-16-28-20-11-7-10-19(21(20)27-2)26(14-12-23-13-15-26)22-17-8-5-6-9-18(17)24-25-22/h5-10,23H,3-4,12-16H2,1-2H3,(H,24,25)/q+1. The molecule has 4 rings (SSSR count). The zero-order valence-corrected chi connectivity index (χ0v) is 16.6. The van der Waals surface area contributed by atoms with Crippen LogP contribution in [0.4, 0.5) is 11.5 Å². The van der Waals surface area contributed by atoms with Crippen molar-refractivity contribution >= 4 is 22.4 Å². The van der Waals surface area contributed by atoms with Gasteiger partial charge >= 0.3 is 0 Å². The molecular formula is C22H28N4O2+. The van der Waals surface area contributed by atoms with Gasteiger partial charge in [0.15, 0.2) is 11.4 Å². The third-order valence-electron chi connectivity index (χ3n) is 5.50. The Labute approximate surface area is 166 Å². The number of ether oxygens (including phenoxy) is 2. The molecule has 1 radical (unpaired) electrons. The lowest BCUT2D eigenvalue weighted by Gasteiger charge is -2.39. The van der Waals surface area contributed by atoms with Gasteiger partial charge in [0.05, 0.1) is 24.6 Å². The molecule has 6 heteroatoms. The Morgan fingerprint density at radius 2 is 2.00 bits per heavy atom. The summed E-state index contributed by atoms with van der Waals surface area (Å²) in [6.07, 6.45) is 2.10. The molecule has 0 atom stereocenters. The van der Waals surface area contributed by atoms with E-state index in [9.17, 15) is 0 Å². The fourth-order valence-corrected chi connectivity index (χ4v) is 4.03. The van der Waals surface area contributed by atoms with Gasteiger partial charge in [0.1, 0.15) is 13.1 Å². The number of nitrogens with zero attached hydrogens (tertiary/aromatic N) is 2. The van der Waals surface area contributed by atoms with E-state index in [4.69, 9.17) is 14.6 Å². The van der Waals surface area contributed by atoms with Crippen molar-refractivity contribution in [3.8, 4) is 11.5 Å². The summed E-state index contributed by atoms with van der Waals surface area (Å²) >= 11 is 0. The van der Waals surface area contributed by atoms with E-state index in [1.165, 1.54) is 0 Å². The van der Waals surface area contributed by atoms with E-state index in [0.717, 1.165) is 67.2 Å². The van der Waals surface area contributed by atoms with Gasteiger partial charge in [-0.2, -0.15) is 0 Å². The van der Waals surface area contributed by atoms with Gasteiger partial charge in [-0.05, 0) is 24.6 Å². The second-order valence-corrected chi connectivity index (χ2v) is 7.19. The summed E-state index contributed by atoms with van der Waals surface area (Å²) in [6.45, 7) is 6.43. The lowest BCUT2D eigenvalue weighted by molar-refractivity contribution is 0.275. The molecule has 2 N–H and O–H groups in total. The molecule has 0 saturated carbocycles. The molecule has 0 bridgehead atoms. The number of H-pyrrole nitrogens is 1. The summed E-state index contributed by atoms with van der Waals surface area (Å²) in [7, 11) is 1.71. The van der Waals surface area contributed by atoms with Gasteiger partial charge in [-0.25, -0.2) is 4.48 Å². The molecule has 0 amide bonds. The Balaban J connectivity index is 1.86. The third-order valence-corrected chi connectivity index (χ3v) is 5.50. The number of piperazine rings is 1. The highest BCUT2D eigenvalue weighted by atomic mass is 16.5. The van der Waals surface area contributed by atoms with E-state index in [2.05, 4.69) is 47.7 Å². The van der Waals surface area contributed by atoms with Crippen LogP contribution in [0.5, 0.6) is 11.5 Å². The molecule has 1 saturated heterocycles. The van der Waals surface area contributed by atoms with Crippen molar-refractivity contribution in [1.29, 1.82) is 0 Å². The second kappa shape index (κ2) is 8.20. The van der Waals surface area contributed by atoms with Gasteiger partial charge in [-0.3, -0.25) is 5.10 Å². The summed E-state index contributed by atoms with van der Waals surface area (Å²) in [5, 5.41) is 12.6. The van der Waals surface area contributed by atoms with E-state index in [1.54, 1.807) is 7.11 Å². The zero-order valence-electron chi connectivity index (χ0n) is 16.6. The van der Waals surface area contributed by atoms with Crippen molar-refractivity contribution in [2.45, 2.75) is 19.8 Å². The predicted octanol–water partition coefficient (Wildman–Crippen LogP) is 3.79. The topological polar surface area (TPSA) is 59.2 Å². The van der Waals surface area contributed by atoms with E-state index in [0.29, 0.717) is 16.8 Å². The number of hydrogen-bond acceptors (Lipinski definition) is 4. The van der Waals surface area contributed by atoms with Gasteiger partial charge in [0, 0.05) is 25.2 Å². The SMILES string of the molecule is CCCCOc1[c]ccc([N+]2(c3n[nH]c4ccccc34)CCNCC2)c1OC. The number of aromatic amines is 1. The van der Waals surface area contributed by atoms with Crippen LogP contribution in [-0.4, -0.2) is 50.1 Å². The van der Waals surface area contributed by atoms with Crippen molar-refractivity contribution in [3.05, 3.63) is 42.5 Å². The van der Waals surface area contributed by atoms with E-state index < -0.39 is 0 Å². The summed E-state index contributed by atoms with van der Waals surface area (Å²) in [6, 6.07) is 15.6. The molecule has 1 aliphatic rings. The quantitative estimate of drug-likeness (QED) is 0.484. The molecule has 0 aliphatic carbocycles. The molecule has 1 aromatic heterocycles. The maximum Gasteiger partial charge on any atom is 0.259 e. The molecule has 2 heterocycles. The number of unbranched alkanes of at least 4 members (excludes halogenated alkanes) is 1. The molecule has 1 fully saturated rings. The summed E-state index contributed by atoms with van der Waals surface area (Å²) < 4.78 is 12.5. The Hall–Kier alpha value is -2.57. The molecule has 3 aromatic rings. The number of methoxy groups -OCH3 is 1. The first-order valence-electron chi connectivity index (χ1n) is 10.0. The molecule has 1 aliphatic heterocycles. The van der Waals surface area contributed by atoms with Gasteiger partial charge in [-0.15, -0.1) is 5.10 Å². The van der Waals surface area contributed by atoms with Gasteiger partial charge in [-0.1, -0.05) is 25.5 Å². The zero-order chi connectivity index (χ0) is 19.4. The number of fused-ring (bicyclic) bond motifs is 1. The first-order chi connectivity index (χ1) is 13.8. The Bertz CT molecular complexity index is 931. The van der Waals surface area contributed by atoms with E-state index in [1.807, 2.05) is 12.1 Å². The highest BCUT2D eigenvalue weighted by Gasteiger charge is 2.42. The van der Waals surface area contributed by atoms with Gasteiger partial charge in [0.2, 0.25) is 5.75 Å². The maximum atomic E-state index is 6.02. The number of quaternary nitrogens is 1. The van der Waals surface area contributed by atoms with Crippen molar-refractivity contribution < 1.29 is 9.47 Å². The molecule has 2 aromatic carbocycles. The monoisotopic (exact) mass is 380 g/mol. The first kappa shape index (κ1) is 18.8. The Kier molecular flexibility index (Phi) is 5.50. The lowest BCUT2D eigenvalue weighted by atomic mass is 10.1. The van der Waals surface area contributed by atoms with Crippen LogP contribution in [-0.2, 0) is 0 Å². The van der Waals surface area contributed by atoms with Crippen molar-refractivity contribution in [3.63, 3.8) is 0 Å². The van der Waals surface area contributed by atoms with E-state index >= 15 is 0 Å². The minimum absolute atomic E-state index is 0.624.